The molecule has 2 aromatic carbocycles. The summed E-state index contributed by atoms with van der Waals surface area (Å²) in [7, 11) is 0. The number of aromatic hydroxyl groups is 2. The summed E-state index contributed by atoms with van der Waals surface area (Å²) in [4.78, 5) is 0. The highest BCUT2D eigenvalue weighted by atomic mass is 16.3. The van der Waals surface area contributed by atoms with Crippen LogP contribution in [0.4, 0.5) is 0 Å². The largest absolute Gasteiger partial charge is 0.508 e. The minimum atomic E-state index is 0.322. The minimum Gasteiger partial charge on any atom is -0.508 e. The quantitative estimate of drug-likeness (QED) is 0.689. The second-order valence-electron chi connectivity index (χ2n) is 6.38. The zero-order valence-corrected chi connectivity index (χ0v) is 14.0. The van der Waals surface area contributed by atoms with Crippen molar-refractivity contribution in [1.82, 2.24) is 5.32 Å². The highest BCUT2D eigenvalue weighted by Gasteiger charge is 2.08. The lowest BCUT2D eigenvalue weighted by Gasteiger charge is -2.20. The van der Waals surface area contributed by atoms with E-state index in [1.54, 1.807) is 24.3 Å². The van der Waals surface area contributed by atoms with E-state index >= 15 is 0 Å². The van der Waals surface area contributed by atoms with E-state index in [2.05, 4.69) is 19.2 Å². The Morgan fingerprint density at radius 3 is 1.39 bits per heavy atom. The molecular formula is C20H27NO2. The number of aryl methyl sites for hydroxylation is 2. The third-order valence-electron chi connectivity index (χ3n) is 4.17. The van der Waals surface area contributed by atoms with Crippen molar-refractivity contribution >= 4 is 0 Å². The van der Waals surface area contributed by atoms with E-state index in [-0.39, 0.29) is 0 Å². The molecule has 0 spiro atoms. The van der Waals surface area contributed by atoms with E-state index in [1.165, 1.54) is 11.1 Å². The number of hydrogen-bond acceptors (Lipinski definition) is 3. The Balaban J connectivity index is 1.68. The fourth-order valence-electron chi connectivity index (χ4n) is 2.74. The maximum Gasteiger partial charge on any atom is 0.115 e. The first-order chi connectivity index (χ1) is 11.0. The van der Waals surface area contributed by atoms with Crippen LogP contribution in [0.3, 0.4) is 0 Å². The summed E-state index contributed by atoms with van der Waals surface area (Å²) in [6.45, 7) is 4.44. The van der Waals surface area contributed by atoms with E-state index in [4.69, 9.17) is 0 Å². The van der Waals surface area contributed by atoms with Crippen molar-refractivity contribution in [3.05, 3.63) is 59.7 Å². The van der Waals surface area contributed by atoms with Crippen molar-refractivity contribution in [2.75, 3.05) is 0 Å². The monoisotopic (exact) mass is 313 g/mol. The molecular weight excluding hydrogens is 286 g/mol. The van der Waals surface area contributed by atoms with Crippen molar-refractivity contribution in [2.45, 2.75) is 51.6 Å². The summed E-state index contributed by atoms with van der Waals surface area (Å²) < 4.78 is 0. The molecule has 0 aliphatic carbocycles. The molecule has 2 atom stereocenters. The second-order valence-corrected chi connectivity index (χ2v) is 6.38. The zero-order valence-electron chi connectivity index (χ0n) is 14.0. The number of phenolic OH excluding ortho intramolecular Hbond substituents is 2. The molecule has 0 saturated heterocycles. The van der Waals surface area contributed by atoms with Crippen LogP contribution in [-0.4, -0.2) is 22.3 Å². The van der Waals surface area contributed by atoms with Gasteiger partial charge in [-0.15, -0.1) is 0 Å². The highest BCUT2D eigenvalue weighted by Crippen LogP contribution is 2.14. The molecule has 0 radical (unpaired) electrons. The molecule has 2 unspecified atom stereocenters. The van der Waals surface area contributed by atoms with E-state index in [1.807, 2.05) is 24.3 Å². The Bertz CT molecular complexity index is 524. The van der Waals surface area contributed by atoms with Gasteiger partial charge in [-0.25, -0.2) is 0 Å². The molecule has 124 valence electrons. The van der Waals surface area contributed by atoms with Gasteiger partial charge in [-0.1, -0.05) is 24.3 Å². The topological polar surface area (TPSA) is 52.5 Å². The minimum absolute atomic E-state index is 0.322. The lowest BCUT2D eigenvalue weighted by atomic mass is 10.0. The number of nitrogens with one attached hydrogen (secondary N) is 1. The fourth-order valence-corrected chi connectivity index (χ4v) is 2.74. The molecule has 23 heavy (non-hydrogen) atoms. The van der Waals surface area contributed by atoms with E-state index in [0.717, 1.165) is 25.7 Å². The van der Waals surface area contributed by atoms with Gasteiger partial charge in [-0.05, 0) is 74.9 Å². The summed E-state index contributed by atoms with van der Waals surface area (Å²) in [5, 5.41) is 22.2. The van der Waals surface area contributed by atoms with Gasteiger partial charge in [0.2, 0.25) is 0 Å². The molecule has 0 aromatic heterocycles. The average molecular weight is 313 g/mol. The molecule has 0 saturated carbocycles. The van der Waals surface area contributed by atoms with Gasteiger partial charge in [0.05, 0.1) is 0 Å². The normalized spacial score (nSPS) is 13.7. The molecule has 2 rings (SSSR count). The van der Waals surface area contributed by atoms with Crippen molar-refractivity contribution in [3.63, 3.8) is 0 Å². The first-order valence-electron chi connectivity index (χ1n) is 8.35. The zero-order chi connectivity index (χ0) is 16.7. The molecule has 0 heterocycles. The van der Waals surface area contributed by atoms with Crippen molar-refractivity contribution in [3.8, 4) is 11.5 Å². The summed E-state index contributed by atoms with van der Waals surface area (Å²) in [5.74, 6) is 0.644. The van der Waals surface area contributed by atoms with Crippen LogP contribution in [-0.2, 0) is 12.8 Å². The van der Waals surface area contributed by atoms with Crippen molar-refractivity contribution < 1.29 is 10.2 Å². The first-order valence-corrected chi connectivity index (χ1v) is 8.35. The molecule has 3 heteroatoms. The third kappa shape index (κ3) is 6.33. The molecule has 2 aromatic rings. The molecule has 0 amide bonds. The Morgan fingerprint density at radius 1 is 0.696 bits per heavy atom. The van der Waals surface area contributed by atoms with Gasteiger partial charge in [0.25, 0.3) is 0 Å². The van der Waals surface area contributed by atoms with Crippen molar-refractivity contribution in [2.24, 2.45) is 0 Å². The summed E-state index contributed by atoms with van der Waals surface area (Å²) in [6.07, 6.45) is 4.18. The molecule has 3 nitrogen and oxygen atoms in total. The number of hydrogen-bond donors (Lipinski definition) is 3. The summed E-state index contributed by atoms with van der Waals surface area (Å²) in [6, 6.07) is 15.8. The maximum atomic E-state index is 9.30. The number of benzene rings is 2. The van der Waals surface area contributed by atoms with E-state index in [9.17, 15) is 10.2 Å². The third-order valence-corrected chi connectivity index (χ3v) is 4.17. The van der Waals surface area contributed by atoms with Gasteiger partial charge >= 0.3 is 0 Å². The smallest absolute Gasteiger partial charge is 0.115 e. The summed E-state index contributed by atoms with van der Waals surface area (Å²) >= 11 is 0. The maximum absolute atomic E-state index is 9.30. The van der Waals surface area contributed by atoms with Crippen LogP contribution >= 0.6 is 0 Å². The van der Waals surface area contributed by atoms with E-state index in [0.29, 0.717) is 23.6 Å². The average Bonchev–Trinajstić information content (AvgIpc) is 2.54. The van der Waals surface area contributed by atoms with Gasteiger partial charge < -0.3 is 15.5 Å². The highest BCUT2D eigenvalue weighted by molar-refractivity contribution is 5.26. The number of rotatable bonds is 8. The van der Waals surface area contributed by atoms with Crippen LogP contribution in [0.2, 0.25) is 0 Å². The van der Waals surface area contributed by atoms with Gasteiger partial charge in [-0.3, -0.25) is 0 Å². The molecule has 0 aliphatic rings. The predicted molar refractivity (Wildman–Crippen MR) is 94.9 cm³/mol. The van der Waals surface area contributed by atoms with Crippen LogP contribution in [0.15, 0.2) is 48.5 Å². The molecule has 0 bridgehead atoms. The van der Waals surface area contributed by atoms with Crippen LogP contribution in [0.5, 0.6) is 11.5 Å². The van der Waals surface area contributed by atoms with E-state index < -0.39 is 0 Å². The first kappa shape index (κ1) is 17.4. The van der Waals surface area contributed by atoms with Crippen LogP contribution in [0.1, 0.15) is 37.8 Å². The number of phenols is 2. The lowest BCUT2D eigenvalue weighted by Crippen LogP contribution is -2.35. The van der Waals surface area contributed by atoms with Gasteiger partial charge in [0.15, 0.2) is 0 Å². The molecule has 0 aliphatic heterocycles. The van der Waals surface area contributed by atoms with Gasteiger partial charge in [0, 0.05) is 12.1 Å². The molecule has 0 fully saturated rings. The van der Waals surface area contributed by atoms with Gasteiger partial charge in [0.1, 0.15) is 11.5 Å². The van der Waals surface area contributed by atoms with Crippen LogP contribution in [0, 0.1) is 0 Å². The lowest BCUT2D eigenvalue weighted by molar-refractivity contribution is 0.428. The van der Waals surface area contributed by atoms with Crippen molar-refractivity contribution in [1.29, 1.82) is 0 Å². The Hall–Kier alpha value is -2.00. The standard InChI is InChI=1S/C20H27NO2/c1-15(3-5-17-7-11-19(22)12-8-17)21-16(2)4-6-18-9-13-20(23)14-10-18/h7-16,21-23H,3-6H2,1-2H3. The molecule has 3 N–H and O–H groups in total. The second kappa shape index (κ2) is 8.59. The fraction of sp³-hybridized carbons (Fsp3) is 0.400. The van der Waals surface area contributed by atoms with Gasteiger partial charge in [-0.2, -0.15) is 0 Å². The Morgan fingerprint density at radius 2 is 1.04 bits per heavy atom. The SMILES string of the molecule is CC(CCc1ccc(O)cc1)NC(C)CCc1ccc(O)cc1. The van der Waals surface area contributed by atoms with Crippen LogP contribution in [0.25, 0.3) is 0 Å². The Labute approximate surface area is 139 Å². The van der Waals surface area contributed by atoms with Crippen LogP contribution < -0.4 is 5.32 Å². The Kier molecular flexibility index (Phi) is 6.48. The summed E-state index contributed by atoms with van der Waals surface area (Å²) in [5.41, 5.74) is 2.52. The predicted octanol–water partition coefficient (Wildman–Crippen LogP) is 4.03.